The molecule has 0 aromatic carbocycles. The first-order chi connectivity index (χ1) is 16.3. The van der Waals surface area contributed by atoms with Crippen LogP contribution in [0, 0.1) is 28.6 Å². The first kappa shape index (κ1) is 26.1. The molecule has 0 unspecified atom stereocenters. The molecule has 0 bridgehead atoms. The zero-order chi connectivity index (χ0) is 25.8. The van der Waals surface area contributed by atoms with Crippen molar-refractivity contribution in [3.8, 4) is 0 Å². The lowest BCUT2D eigenvalue weighted by atomic mass is 9.42. The van der Waals surface area contributed by atoms with Gasteiger partial charge < -0.3 is 24.4 Å². The van der Waals surface area contributed by atoms with Crippen LogP contribution in [0.4, 0.5) is 0 Å². The van der Waals surface area contributed by atoms with Gasteiger partial charge in [0.05, 0.1) is 0 Å². The topological polar surface area (TPSA) is 136 Å². The molecule has 0 saturated heterocycles. The van der Waals surface area contributed by atoms with Gasteiger partial charge >= 0.3 is 11.9 Å². The summed E-state index contributed by atoms with van der Waals surface area (Å²) in [6.07, 6.45) is 2.83. The molecule has 9 heteroatoms. The van der Waals surface area contributed by atoms with E-state index in [1.54, 1.807) is 0 Å². The van der Waals surface area contributed by atoms with E-state index in [-0.39, 0.29) is 30.6 Å². The first-order valence-electron chi connectivity index (χ1n) is 12.7. The van der Waals surface area contributed by atoms with Gasteiger partial charge in [-0.15, -0.1) is 0 Å². The summed E-state index contributed by atoms with van der Waals surface area (Å²) in [6, 6.07) is 0. The van der Waals surface area contributed by atoms with Gasteiger partial charge in [0, 0.05) is 31.1 Å². The molecule has 4 aliphatic carbocycles. The molecule has 35 heavy (non-hydrogen) atoms. The molecule has 0 aromatic rings. The van der Waals surface area contributed by atoms with Crippen LogP contribution in [-0.4, -0.2) is 64.4 Å². The van der Waals surface area contributed by atoms with E-state index in [2.05, 4.69) is 0 Å². The van der Waals surface area contributed by atoms with Crippen LogP contribution in [-0.2, 0) is 33.4 Å². The second kappa shape index (κ2) is 8.83. The standard InChI is InChI=1S/C26H38O9/c1-15(28)33-13-21(30)25(31)10-7-20-18-11-22(34-14-27)26(32)12-17(35-16(2)29)5-8-24(26,4)19(18)6-9-23(20,25)3/h14,17-20,22,31-32H,5-13H2,1-4H3/t17-,18-,19-,20-,22+,23+,24-,25+,26+/m1/s1. The van der Waals surface area contributed by atoms with Gasteiger partial charge in [-0.3, -0.25) is 19.2 Å². The molecule has 196 valence electrons. The van der Waals surface area contributed by atoms with Crippen LogP contribution < -0.4 is 0 Å². The Hall–Kier alpha value is -2.00. The fourth-order valence-corrected chi connectivity index (χ4v) is 8.55. The smallest absolute Gasteiger partial charge is 0.303 e. The number of ether oxygens (including phenoxy) is 3. The predicted octanol–water partition coefficient (Wildman–Crippen LogP) is 2.09. The Labute approximate surface area is 205 Å². The number of aliphatic hydroxyl groups is 2. The van der Waals surface area contributed by atoms with Gasteiger partial charge in [0.25, 0.3) is 6.47 Å². The van der Waals surface area contributed by atoms with Crippen LogP contribution in [0.15, 0.2) is 0 Å². The van der Waals surface area contributed by atoms with Crippen molar-refractivity contribution >= 4 is 24.2 Å². The van der Waals surface area contributed by atoms with Crippen molar-refractivity contribution < 1.29 is 43.6 Å². The number of hydrogen-bond donors (Lipinski definition) is 2. The molecular formula is C26H38O9. The zero-order valence-corrected chi connectivity index (χ0v) is 21.1. The number of hydrogen-bond acceptors (Lipinski definition) is 9. The maximum atomic E-state index is 13.0. The largest absolute Gasteiger partial charge is 0.462 e. The molecular weight excluding hydrogens is 456 g/mol. The fourth-order valence-electron chi connectivity index (χ4n) is 8.55. The highest BCUT2D eigenvalue weighted by molar-refractivity contribution is 5.90. The van der Waals surface area contributed by atoms with Gasteiger partial charge in [0.1, 0.15) is 23.4 Å². The van der Waals surface area contributed by atoms with E-state index >= 15 is 0 Å². The Morgan fingerprint density at radius 1 is 0.943 bits per heavy atom. The minimum absolute atomic E-state index is 0.0159. The molecule has 0 spiro atoms. The van der Waals surface area contributed by atoms with E-state index in [0.717, 1.165) is 0 Å². The highest BCUT2D eigenvalue weighted by Gasteiger charge is 2.71. The van der Waals surface area contributed by atoms with Crippen molar-refractivity contribution in [1.29, 1.82) is 0 Å². The number of carbonyl (C=O) groups excluding carboxylic acids is 4. The highest BCUT2D eigenvalue weighted by atomic mass is 16.6. The Balaban J connectivity index is 1.65. The van der Waals surface area contributed by atoms with Crippen molar-refractivity contribution in [1.82, 2.24) is 0 Å². The Morgan fingerprint density at radius 3 is 2.20 bits per heavy atom. The number of esters is 2. The lowest BCUT2D eigenvalue weighted by molar-refractivity contribution is -0.271. The Kier molecular flexibility index (Phi) is 6.58. The second-order valence-corrected chi connectivity index (χ2v) is 11.7. The summed E-state index contributed by atoms with van der Waals surface area (Å²) < 4.78 is 15.9. The average Bonchev–Trinajstić information content (AvgIpc) is 3.05. The third-order valence-corrected chi connectivity index (χ3v) is 10.4. The maximum absolute atomic E-state index is 13.0. The summed E-state index contributed by atoms with van der Waals surface area (Å²) in [6.45, 7) is 6.49. The monoisotopic (exact) mass is 494 g/mol. The van der Waals surface area contributed by atoms with E-state index in [1.165, 1.54) is 13.8 Å². The van der Waals surface area contributed by atoms with E-state index in [1.807, 2.05) is 13.8 Å². The number of carbonyl (C=O) groups is 4. The fraction of sp³-hybridized carbons (Fsp3) is 0.846. The average molecular weight is 495 g/mol. The van der Waals surface area contributed by atoms with Gasteiger partial charge in [-0.2, -0.15) is 0 Å². The molecule has 0 amide bonds. The van der Waals surface area contributed by atoms with E-state index < -0.39 is 58.6 Å². The van der Waals surface area contributed by atoms with Crippen LogP contribution in [0.5, 0.6) is 0 Å². The van der Waals surface area contributed by atoms with Gasteiger partial charge in [-0.05, 0) is 62.7 Å². The maximum Gasteiger partial charge on any atom is 0.303 e. The van der Waals surface area contributed by atoms with Crippen LogP contribution in [0.1, 0.15) is 79.1 Å². The van der Waals surface area contributed by atoms with Crippen LogP contribution in [0.25, 0.3) is 0 Å². The minimum Gasteiger partial charge on any atom is -0.462 e. The molecule has 0 aromatic heterocycles. The molecule has 4 rings (SSSR count). The summed E-state index contributed by atoms with van der Waals surface area (Å²) in [7, 11) is 0. The van der Waals surface area contributed by atoms with Gasteiger partial charge in [0.15, 0.2) is 6.61 Å². The lowest BCUT2D eigenvalue weighted by Gasteiger charge is -2.65. The lowest BCUT2D eigenvalue weighted by Crippen LogP contribution is -2.70. The van der Waals surface area contributed by atoms with Gasteiger partial charge in [-0.25, -0.2) is 0 Å². The van der Waals surface area contributed by atoms with Crippen LogP contribution >= 0.6 is 0 Å². The molecule has 4 fully saturated rings. The summed E-state index contributed by atoms with van der Waals surface area (Å²) in [5, 5.41) is 23.7. The Morgan fingerprint density at radius 2 is 1.57 bits per heavy atom. The third kappa shape index (κ3) is 3.80. The van der Waals surface area contributed by atoms with Crippen LogP contribution in [0.3, 0.4) is 0 Å². The van der Waals surface area contributed by atoms with E-state index in [4.69, 9.17) is 14.2 Å². The van der Waals surface area contributed by atoms with Crippen molar-refractivity contribution in [2.24, 2.45) is 28.6 Å². The third-order valence-electron chi connectivity index (χ3n) is 10.4. The number of fused-ring (bicyclic) bond motifs is 5. The number of ketones is 1. The van der Waals surface area contributed by atoms with E-state index in [0.29, 0.717) is 45.0 Å². The first-order valence-corrected chi connectivity index (χ1v) is 12.7. The molecule has 0 radical (unpaired) electrons. The molecule has 4 aliphatic rings. The SMILES string of the molecule is CC(=O)OCC(=O)[C@@]1(O)CC[C@@H]2[C@@H]3C[C@H](OC=O)[C@@]4(O)C[C@H](OC(C)=O)CC[C@]4(C)[C@@H]3CC[C@@]21C. The Bertz CT molecular complexity index is 903. The van der Waals surface area contributed by atoms with E-state index in [9.17, 15) is 29.4 Å². The second-order valence-electron chi connectivity index (χ2n) is 11.7. The molecule has 2 N–H and O–H groups in total. The zero-order valence-electron chi connectivity index (χ0n) is 21.1. The number of Topliss-reactive ketones (excluding diaryl/α,β-unsaturated/α-hetero) is 1. The van der Waals surface area contributed by atoms with Crippen molar-refractivity contribution in [3.63, 3.8) is 0 Å². The molecule has 4 saturated carbocycles. The predicted molar refractivity (Wildman–Crippen MR) is 122 cm³/mol. The highest BCUT2D eigenvalue weighted by Crippen LogP contribution is 2.69. The van der Waals surface area contributed by atoms with Gasteiger partial charge in [0.2, 0.25) is 5.78 Å². The normalized spacial score (nSPS) is 46.4. The minimum atomic E-state index is -1.60. The summed E-state index contributed by atoms with van der Waals surface area (Å²) in [4.78, 5) is 47.4. The quantitative estimate of drug-likeness (QED) is 0.323. The van der Waals surface area contributed by atoms with Crippen LogP contribution in [0.2, 0.25) is 0 Å². The summed E-state index contributed by atoms with van der Waals surface area (Å²) in [5.41, 5.74) is -4.23. The van der Waals surface area contributed by atoms with Crippen molar-refractivity contribution in [2.75, 3.05) is 6.61 Å². The molecule has 9 atom stereocenters. The number of rotatable bonds is 6. The molecule has 0 heterocycles. The van der Waals surface area contributed by atoms with Crippen molar-refractivity contribution in [3.05, 3.63) is 0 Å². The summed E-state index contributed by atoms with van der Waals surface area (Å²) in [5.74, 6) is -1.33. The molecule has 9 nitrogen and oxygen atoms in total. The molecule has 0 aliphatic heterocycles. The van der Waals surface area contributed by atoms with Crippen molar-refractivity contribution in [2.45, 2.75) is 102 Å². The summed E-state index contributed by atoms with van der Waals surface area (Å²) >= 11 is 0. The van der Waals surface area contributed by atoms with Gasteiger partial charge in [-0.1, -0.05) is 13.8 Å².